The van der Waals surface area contributed by atoms with Crippen molar-refractivity contribution in [3.63, 3.8) is 0 Å². The smallest absolute Gasteiger partial charge is 0.0762 e. The van der Waals surface area contributed by atoms with Gasteiger partial charge < -0.3 is 10.1 Å². The summed E-state index contributed by atoms with van der Waals surface area (Å²) in [6.07, 6.45) is 1.96. The highest BCUT2D eigenvalue weighted by molar-refractivity contribution is 4.98. The summed E-state index contributed by atoms with van der Waals surface area (Å²) in [5.74, 6) is 0. The number of nitrogens with zero attached hydrogens (tertiary/aromatic N) is 2. The molecule has 0 bridgehead atoms. The maximum atomic E-state index is 5.19. The minimum Gasteiger partial charge on any atom is -0.380 e. The molecule has 1 fully saturated rings. The highest BCUT2D eigenvalue weighted by Gasteiger charge is 2.32. The number of rotatable bonds is 4. The number of nitrogens with one attached hydrogen (secondary N) is 1. The van der Waals surface area contributed by atoms with Crippen LogP contribution in [0.15, 0.2) is 12.3 Å². The number of aryl methyl sites for hydroxylation is 1. The zero-order chi connectivity index (χ0) is 10.0. The molecule has 1 N–H and O–H groups in total. The lowest BCUT2D eigenvalue weighted by molar-refractivity contribution is -0.0991. The Morgan fingerprint density at radius 3 is 2.93 bits per heavy atom. The maximum Gasteiger partial charge on any atom is 0.0762 e. The second kappa shape index (κ2) is 3.71. The molecular weight excluding hydrogens is 178 g/mol. The molecule has 1 saturated heterocycles. The van der Waals surface area contributed by atoms with Crippen LogP contribution in [0.5, 0.6) is 0 Å². The molecule has 0 radical (unpaired) electrons. The van der Waals surface area contributed by atoms with Crippen LogP contribution in [0.4, 0.5) is 0 Å². The third-order valence-corrected chi connectivity index (χ3v) is 2.53. The zero-order valence-electron chi connectivity index (χ0n) is 8.79. The van der Waals surface area contributed by atoms with E-state index in [2.05, 4.69) is 17.3 Å². The Morgan fingerprint density at radius 1 is 1.64 bits per heavy atom. The van der Waals surface area contributed by atoms with E-state index < -0.39 is 0 Å². The van der Waals surface area contributed by atoms with E-state index in [0.717, 1.165) is 32.0 Å². The van der Waals surface area contributed by atoms with Crippen molar-refractivity contribution >= 4 is 0 Å². The van der Waals surface area contributed by atoms with Gasteiger partial charge in [-0.2, -0.15) is 5.10 Å². The first-order chi connectivity index (χ1) is 6.68. The van der Waals surface area contributed by atoms with Gasteiger partial charge in [-0.15, -0.1) is 0 Å². The van der Waals surface area contributed by atoms with Gasteiger partial charge in [0, 0.05) is 31.7 Å². The molecule has 0 aliphatic carbocycles. The fourth-order valence-corrected chi connectivity index (χ4v) is 1.60. The molecule has 78 valence electrons. The number of hydrogen-bond donors (Lipinski definition) is 1. The molecule has 0 spiro atoms. The van der Waals surface area contributed by atoms with Gasteiger partial charge in [-0.1, -0.05) is 6.92 Å². The molecule has 0 unspecified atom stereocenters. The fraction of sp³-hybridized carbons (Fsp3) is 0.700. The Hall–Kier alpha value is -0.870. The fourth-order valence-electron chi connectivity index (χ4n) is 1.60. The molecular formula is C10H17N3O. The van der Waals surface area contributed by atoms with Crippen molar-refractivity contribution in [1.82, 2.24) is 15.1 Å². The quantitative estimate of drug-likeness (QED) is 0.762. The van der Waals surface area contributed by atoms with Gasteiger partial charge >= 0.3 is 0 Å². The van der Waals surface area contributed by atoms with Crippen molar-refractivity contribution in [2.45, 2.75) is 13.5 Å². The van der Waals surface area contributed by atoms with E-state index >= 15 is 0 Å². The Kier molecular flexibility index (Phi) is 2.56. The minimum atomic E-state index is 0.342. The predicted molar refractivity (Wildman–Crippen MR) is 53.8 cm³/mol. The van der Waals surface area contributed by atoms with E-state index in [1.807, 2.05) is 24.0 Å². The SMILES string of the molecule is Cn1ccc(CNCC2(C)COC2)n1. The molecule has 1 aliphatic heterocycles. The first kappa shape index (κ1) is 9.68. The second-order valence-corrected chi connectivity index (χ2v) is 4.39. The summed E-state index contributed by atoms with van der Waals surface area (Å²) in [6, 6.07) is 2.03. The third kappa shape index (κ3) is 2.13. The number of aromatic nitrogens is 2. The van der Waals surface area contributed by atoms with Crippen LogP contribution in [0.3, 0.4) is 0 Å². The average Bonchev–Trinajstić information content (AvgIpc) is 2.49. The van der Waals surface area contributed by atoms with Gasteiger partial charge in [-0.05, 0) is 6.07 Å². The summed E-state index contributed by atoms with van der Waals surface area (Å²) >= 11 is 0. The van der Waals surface area contributed by atoms with Crippen LogP contribution in [0, 0.1) is 5.41 Å². The molecule has 14 heavy (non-hydrogen) atoms. The van der Waals surface area contributed by atoms with Gasteiger partial charge in [0.05, 0.1) is 18.9 Å². The summed E-state index contributed by atoms with van der Waals surface area (Å²) in [4.78, 5) is 0. The van der Waals surface area contributed by atoms with Crippen LogP contribution in [-0.4, -0.2) is 29.5 Å². The van der Waals surface area contributed by atoms with E-state index in [4.69, 9.17) is 4.74 Å². The van der Waals surface area contributed by atoms with Gasteiger partial charge in [0.25, 0.3) is 0 Å². The Labute approximate surface area is 84.3 Å². The molecule has 2 heterocycles. The predicted octanol–water partition coefficient (Wildman–Crippen LogP) is 0.546. The van der Waals surface area contributed by atoms with E-state index in [0.29, 0.717) is 5.41 Å². The molecule has 0 saturated carbocycles. The van der Waals surface area contributed by atoms with Gasteiger partial charge in [0.1, 0.15) is 0 Å². The molecule has 2 rings (SSSR count). The van der Waals surface area contributed by atoms with Crippen molar-refractivity contribution < 1.29 is 4.74 Å². The van der Waals surface area contributed by atoms with Crippen LogP contribution < -0.4 is 5.32 Å². The molecule has 4 heteroatoms. The largest absolute Gasteiger partial charge is 0.380 e. The second-order valence-electron chi connectivity index (χ2n) is 4.39. The summed E-state index contributed by atoms with van der Waals surface area (Å²) < 4.78 is 7.01. The lowest BCUT2D eigenvalue weighted by Crippen LogP contribution is -2.47. The van der Waals surface area contributed by atoms with E-state index in [1.54, 1.807) is 0 Å². The average molecular weight is 195 g/mol. The normalized spacial score (nSPS) is 19.3. The highest BCUT2D eigenvalue weighted by atomic mass is 16.5. The topological polar surface area (TPSA) is 39.1 Å². The van der Waals surface area contributed by atoms with E-state index in [9.17, 15) is 0 Å². The van der Waals surface area contributed by atoms with Crippen LogP contribution in [0.25, 0.3) is 0 Å². The number of ether oxygens (including phenoxy) is 1. The summed E-state index contributed by atoms with van der Waals surface area (Å²) in [5, 5.41) is 7.70. The Bertz CT molecular complexity index is 304. The van der Waals surface area contributed by atoms with Gasteiger partial charge in [0.15, 0.2) is 0 Å². The van der Waals surface area contributed by atoms with Gasteiger partial charge in [-0.25, -0.2) is 0 Å². The molecule has 1 aromatic heterocycles. The first-order valence-corrected chi connectivity index (χ1v) is 4.95. The zero-order valence-corrected chi connectivity index (χ0v) is 8.79. The van der Waals surface area contributed by atoms with Crippen LogP contribution in [0.2, 0.25) is 0 Å². The highest BCUT2D eigenvalue weighted by Crippen LogP contribution is 2.25. The standard InChI is InChI=1S/C10H17N3O/c1-10(7-14-8-10)6-11-5-9-3-4-13(2)12-9/h3-4,11H,5-8H2,1-2H3. The molecule has 0 amide bonds. The molecule has 1 aliphatic rings. The summed E-state index contributed by atoms with van der Waals surface area (Å²) in [5.41, 5.74) is 1.44. The van der Waals surface area contributed by atoms with Crippen molar-refractivity contribution in [2.75, 3.05) is 19.8 Å². The lowest BCUT2D eigenvalue weighted by atomic mass is 9.89. The molecule has 0 atom stereocenters. The Balaban J connectivity index is 1.72. The van der Waals surface area contributed by atoms with Crippen molar-refractivity contribution in [3.05, 3.63) is 18.0 Å². The van der Waals surface area contributed by atoms with Crippen molar-refractivity contribution in [2.24, 2.45) is 12.5 Å². The molecule has 1 aromatic rings. The van der Waals surface area contributed by atoms with Crippen LogP contribution in [-0.2, 0) is 18.3 Å². The lowest BCUT2D eigenvalue weighted by Gasteiger charge is -2.38. The van der Waals surface area contributed by atoms with Gasteiger partial charge in [-0.3, -0.25) is 4.68 Å². The summed E-state index contributed by atoms with van der Waals surface area (Å²) in [6.45, 7) is 5.84. The van der Waals surface area contributed by atoms with Gasteiger partial charge in [0.2, 0.25) is 0 Å². The van der Waals surface area contributed by atoms with E-state index in [1.165, 1.54) is 0 Å². The van der Waals surface area contributed by atoms with Crippen LogP contribution >= 0.6 is 0 Å². The Morgan fingerprint density at radius 2 is 2.43 bits per heavy atom. The van der Waals surface area contributed by atoms with Crippen molar-refractivity contribution in [1.29, 1.82) is 0 Å². The molecule has 4 nitrogen and oxygen atoms in total. The number of hydrogen-bond acceptors (Lipinski definition) is 3. The monoisotopic (exact) mass is 195 g/mol. The maximum absolute atomic E-state index is 5.19. The first-order valence-electron chi connectivity index (χ1n) is 4.95. The van der Waals surface area contributed by atoms with Crippen molar-refractivity contribution in [3.8, 4) is 0 Å². The third-order valence-electron chi connectivity index (χ3n) is 2.53. The minimum absolute atomic E-state index is 0.342. The van der Waals surface area contributed by atoms with E-state index in [-0.39, 0.29) is 0 Å². The molecule has 0 aromatic carbocycles. The van der Waals surface area contributed by atoms with Crippen LogP contribution in [0.1, 0.15) is 12.6 Å². The summed E-state index contributed by atoms with van der Waals surface area (Å²) in [7, 11) is 1.94.